The predicted octanol–water partition coefficient (Wildman–Crippen LogP) is 3.33. The Morgan fingerprint density at radius 2 is 2.29 bits per heavy atom. The van der Waals surface area contributed by atoms with Gasteiger partial charge in [0.25, 0.3) is 0 Å². The molecule has 0 aliphatic rings. The molecule has 0 amide bonds. The molecule has 17 heavy (non-hydrogen) atoms. The number of aromatic nitrogens is 1. The molecule has 86 valence electrons. The van der Waals surface area contributed by atoms with Crippen LogP contribution in [0.15, 0.2) is 36.5 Å². The quantitative estimate of drug-likeness (QED) is 0.610. The lowest BCUT2D eigenvalue weighted by atomic mass is 10.2. The van der Waals surface area contributed by atoms with Crippen LogP contribution in [0.1, 0.15) is 6.42 Å². The van der Waals surface area contributed by atoms with Crippen LogP contribution >= 0.6 is 11.8 Å². The van der Waals surface area contributed by atoms with Crippen LogP contribution in [-0.2, 0) is 0 Å². The van der Waals surface area contributed by atoms with E-state index >= 15 is 0 Å². The van der Waals surface area contributed by atoms with E-state index in [2.05, 4.69) is 16.2 Å². The average Bonchev–Trinajstić information content (AvgIpc) is 2.38. The number of hydrogen-bond donors (Lipinski definition) is 0. The summed E-state index contributed by atoms with van der Waals surface area (Å²) >= 11 is 1.52. The second kappa shape index (κ2) is 6.17. The Labute approximate surface area is 105 Å². The Bertz CT molecular complexity index is 557. The van der Waals surface area contributed by atoms with Gasteiger partial charge in [0.15, 0.2) is 0 Å². The number of thioether (sulfide) groups is 1. The highest BCUT2D eigenvalue weighted by Crippen LogP contribution is 2.18. The fourth-order valence-corrected chi connectivity index (χ4v) is 1.73. The molecule has 1 heterocycles. The molecular formula is C14H13NOS. The Kier molecular flexibility index (Phi) is 4.29. The van der Waals surface area contributed by atoms with E-state index in [0.29, 0.717) is 6.61 Å². The molecule has 0 aliphatic heterocycles. The molecule has 0 spiro atoms. The first-order valence-corrected chi connectivity index (χ1v) is 6.61. The van der Waals surface area contributed by atoms with Gasteiger partial charge in [0.05, 0.1) is 12.1 Å². The molecule has 1 aromatic heterocycles. The van der Waals surface area contributed by atoms with E-state index in [4.69, 9.17) is 4.74 Å². The van der Waals surface area contributed by atoms with Crippen LogP contribution in [-0.4, -0.2) is 17.8 Å². The third kappa shape index (κ3) is 3.40. The van der Waals surface area contributed by atoms with E-state index < -0.39 is 0 Å². The molecule has 0 bridgehead atoms. The molecule has 0 atom stereocenters. The molecule has 0 unspecified atom stereocenters. The maximum absolute atomic E-state index is 5.61. The lowest BCUT2D eigenvalue weighted by Crippen LogP contribution is -1.95. The largest absolute Gasteiger partial charge is 0.493 e. The maximum atomic E-state index is 5.61. The molecule has 2 nitrogen and oxygen atoms in total. The number of rotatable bonds is 3. The van der Waals surface area contributed by atoms with E-state index in [-0.39, 0.29) is 0 Å². The van der Waals surface area contributed by atoms with Gasteiger partial charge in [0.2, 0.25) is 0 Å². The second-order valence-electron chi connectivity index (χ2n) is 3.44. The van der Waals surface area contributed by atoms with Gasteiger partial charge in [-0.2, -0.15) is 0 Å². The summed E-state index contributed by atoms with van der Waals surface area (Å²) in [5.41, 5.74) is 0.959. The number of pyridine rings is 1. The number of nitrogens with zero attached hydrogens (tertiary/aromatic N) is 1. The summed E-state index contributed by atoms with van der Waals surface area (Å²) in [5.74, 6) is 3.86. The van der Waals surface area contributed by atoms with Gasteiger partial charge in [-0.1, -0.05) is 23.7 Å². The molecule has 2 rings (SSSR count). The van der Waals surface area contributed by atoms with Crippen LogP contribution < -0.4 is 4.74 Å². The van der Waals surface area contributed by atoms with Crippen LogP contribution in [0.4, 0.5) is 0 Å². The third-order valence-electron chi connectivity index (χ3n) is 2.25. The van der Waals surface area contributed by atoms with Gasteiger partial charge in [-0.15, -0.1) is 0 Å². The number of ether oxygens (including phenoxy) is 1. The number of fused-ring (bicyclic) bond motifs is 1. The molecule has 1 aromatic carbocycles. The second-order valence-corrected chi connectivity index (χ2v) is 4.05. The van der Waals surface area contributed by atoms with Crippen molar-refractivity contribution in [3.05, 3.63) is 36.5 Å². The Balaban J connectivity index is 1.99. The minimum atomic E-state index is 0.617. The summed E-state index contributed by atoms with van der Waals surface area (Å²) < 4.78 is 5.61. The molecular weight excluding hydrogens is 230 g/mol. The lowest BCUT2D eigenvalue weighted by Gasteiger charge is -2.04. The van der Waals surface area contributed by atoms with E-state index in [1.807, 2.05) is 36.6 Å². The molecule has 0 aliphatic carbocycles. The smallest absolute Gasteiger partial charge is 0.121 e. The summed E-state index contributed by atoms with van der Waals surface area (Å²) in [4.78, 5) is 4.29. The Morgan fingerprint density at radius 1 is 1.35 bits per heavy atom. The SMILES string of the molecule is CSC#CCCOc1ccc2cccnc2c1. The van der Waals surface area contributed by atoms with Gasteiger partial charge in [-0.05, 0) is 29.7 Å². The van der Waals surface area contributed by atoms with Crippen molar-refractivity contribution in [1.29, 1.82) is 0 Å². The summed E-state index contributed by atoms with van der Waals surface area (Å²) in [7, 11) is 0. The Morgan fingerprint density at radius 3 is 3.18 bits per heavy atom. The summed E-state index contributed by atoms with van der Waals surface area (Å²) in [5, 5.41) is 4.07. The van der Waals surface area contributed by atoms with E-state index in [9.17, 15) is 0 Å². The van der Waals surface area contributed by atoms with Crippen LogP contribution in [0.5, 0.6) is 5.75 Å². The molecule has 0 fully saturated rings. The minimum Gasteiger partial charge on any atom is -0.493 e. The van der Waals surface area contributed by atoms with Gasteiger partial charge < -0.3 is 4.74 Å². The molecule has 0 N–H and O–H groups in total. The first kappa shape index (κ1) is 11.8. The van der Waals surface area contributed by atoms with Crippen molar-refractivity contribution in [2.45, 2.75) is 6.42 Å². The first-order valence-electron chi connectivity index (χ1n) is 5.38. The van der Waals surface area contributed by atoms with Gasteiger partial charge in [0.1, 0.15) is 5.75 Å². The normalized spacial score (nSPS) is 9.71. The highest BCUT2D eigenvalue weighted by molar-refractivity contribution is 8.03. The van der Waals surface area contributed by atoms with Crippen LogP contribution in [0, 0.1) is 11.2 Å². The Hall–Kier alpha value is -1.66. The minimum absolute atomic E-state index is 0.617. The van der Waals surface area contributed by atoms with Crippen molar-refractivity contribution in [1.82, 2.24) is 4.98 Å². The van der Waals surface area contributed by atoms with Crippen LogP contribution in [0.3, 0.4) is 0 Å². The third-order valence-corrected chi connectivity index (χ3v) is 2.60. The van der Waals surface area contributed by atoms with Crippen LogP contribution in [0.2, 0.25) is 0 Å². The molecule has 3 heteroatoms. The molecule has 0 radical (unpaired) electrons. The molecule has 0 saturated heterocycles. The van der Waals surface area contributed by atoms with Gasteiger partial charge in [0, 0.05) is 24.1 Å². The fraction of sp³-hybridized carbons (Fsp3) is 0.214. The lowest BCUT2D eigenvalue weighted by molar-refractivity contribution is 0.327. The highest BCUT2D eigenvalue weighted by Gasteiger charge is 1.97. The molecule has 2 aromatic rings. The zero-order valence-electron chi connectivity index (χ0n) is 9.64. The van der Waals surface area contributed by atoms with Crippen molar-refractivity contribution in [2.75, 3.05) is 12.9 Å². The zero-order chi connectivity index (χ0) is 11.9. The van der Waals surface area contributed by atoms with Crippen molar-refractivity contribution in [3.8, 4) is 16.9 Å². The van der Waals surface area contributed by atoms with E-state index in [1.54, 1.807) is 6.20 Å². The van der Waals surface area contributed by atoms with E-state index in [0.717, 1.165) is 23.1 Å². The topological polar surface area (TPSA) is 22.1 Å². The first-order chi connectivity index (χ1) is 8.40. The van der Waals surface area contributed by atoms with Gasteiger partial charge in [-0.3, -0.25) is 4.98 Å². The van der Waals surface area contributed by atoms with E-state index in [1.165, 1.54) is 11.8 Å². The van der Waals surface area contributed by atoms with Crippen molar-refractivity contribution >= 4 is 22.7 Å². The summed E-state index contributed by atoms with van der Waals surface area (Å²) in [6.07, 6.45) is 4.50. The standard InChI is InChI=1S/C14H13NOS/c1-17-10-3-2-9-16-13-7-6-12-5-4-8-15-14(12)11-13/h4-8,11H,2,9H2,1H3. The average molecular weight is 243 g/mol. The predicted molar refractivity (Wildman–Crippen MR) is 73.1 cm³/mol. The van der Waals surface area contributed by atoms with Crippen molar-refractivity contribution < 1.29 is 4.74 Å². The van der Waals surface area contributed by atoms with Crippen LogP contribution in [0.25, 0.3) is 10.9 Å². The maximum Gasteiger partial charge on any atom is 0.121 e. The summed E-state index contributed by atoms with van der Waals surface area (Å²) in [6, 6.07) is 9.91. The van der Waals surface area contributed by atoms with Crippen molar-refractivity contribution in [2.24, 2.45) is 0 Å². The monoisotopic (exact) mass is 243 g/mol. The highest BCUT2D eigenvalue weighted by atomic mass is 32.2. The van der Waals surface area contributed by atoms with Gasteiger partial charge in [-0.25, -0.2) is 0 Å². The number of benzene rings is 1. The summed E-state index contributed by atoms with van der Waals surface area (Å²) in [6.45, 7) is 0.617. The van der Waals surface area contributed by atoms with Crippen molar-refractivity contribution in [3.63, 3.8) is 0 Å². The number of hydrogen-bond acceptors (Lipinski definition) is 3. The van der Waals surface area contributed by atoms with Gasteiger partial charge >= 0.3 is 0 Å². The molecule has 0 saturated carbocycles. The zero-order valence-corrected chi connectivity index (χ0v) is 10.5. The fourth-order valence-electron chi connectivity index (χ4n) is 1.48.